The Morgan fingerprint density at radius 3 is 2.26 bits per heavy atom. The molecule has 11 nitrogen and oxygen atoms in total. The maximum Gasteiger partial charge on any atom is 0.490 e. The van der Waals surface area contributed by atoms with Crippen LogP contribution in [0, 0.1) is 0 Å². The molecule has 1 aliphatic heterocycles. The average Bonchev–Trinajstić information content (AvgIpc) is 3.45. The number of alkyl halides is 3. The molecule has 4 aromatic rings. The third kappa shape index (κ3) is 8.15. The van der Waals surface area contributed by atoms with Crippen LogP contribution < -0.4 is 15.2 Å². The number of nitrogens with two attached hydrogens (primary N) is 1. The van der Waals surface area contributed by atoms with Gasteiger partial charge in [-0.25, -0.2) is 18.4 Å². The summed E-state index contributed by atoms with van der Waals surface area (Å²) in [6.45, 7) is 2.41. The predicted octanol–water partition coefficient (Wildman–Crippen LogP) is 3.81. The molecule has 0 radical (unpaired) electrons. The summed E-state index contributed by atoms with van der Waals surface area (Å²) in [4.78, 5) is 10.3. The summed E-state index contributed by atoms with van der Waals surface area (Å²) >= 11 is 0. The Labute approximate surface area is 245 Å². The molecule has 0 spiro atoms. The minimum absolute atomic E-state index is 0.0357. The van der Waals surface area contributed by atoms with Gasteiger partial charge in [-0.3, -0.25) is 0 Å². The quantitative estimate of drug-likeness (QED) is 0.280. The predicted molar refractivity (Wildman–Crippen MR) is 151 cm³/mol. The van der Waals surface area contributed by atoms with Crippen molar-refractivity contribution in [1.82, 2.24) is 25.5 Å². The minimum Gasteiger partial charge on any atom is -0.497 e. The van der Waals surface area contributed by atoms with Gasteiger partial charge in [-0.1, -0.05) is 48.5 Å². The molecule has 5 rings (SSSR count). The molecule has 0 bridgehead atoms. The molecule has 0 unspecified atom stereocenters. The van der Waals surface area contributed by atoms with E-state index in [1.807, 2.05) is 42.5 Å². The molecule has 4 N–H and O–H groups in total. The van der Waals surface area contributed by atoms with Crippen LogP contribution in [0.5, 0.6) is 5.75 Å². The number of carboxylic acids is 1. The number of hydrogen-bond donors (Lipinski definition) is 3. The molecule has 1 aromatic heterocycles. The lowest BCUT2D eigenvalue weighted by molar-refractivity contribution is -0.192. The number of aromatic nitrogens is 4. The fourth-order valence-electron chi connectivity index (χ4n) is 4.63. The van der Waals surface area contributed by atoms with Crippen molar-refractivity contribution in [3.05, 3.63) is 77.9 Å². The lowest BCUT2D eigenvalue weighted by atomic mass is 9.89. The Morgan fingerprint density at radius 1 is 1.07 bits per heavy atom. The van der Waals surface area contributed by atoms with Gasteiger partial charge in [0.1, 0.15) is 5.75 Å². The van der Waals surface area contributed by atoms with Crippen molar-refractivity contribution in [2.24, 2.45) is 5.14 Å². The average molecular weight is 619 g/mol. The Bertz CT molecular complexity index is 1650. The smallest absolute Gasteiger partial charge is 0.490 e. The van der Waals surface area contributed by atoms with Crippen molar-refractivity contribution in [2.75, 3.05) is 20.2 Å². The highest BCUT2D eigenvalue weighted by atomic mass is 32.2. The number of nitrogens with zero attached hydrogens (tertiary/aromatic N) is 4. The molecule has 0 amide bonds. The van der Waals surface area contributed by atoms with Crippen LogP contribution in [0.2, 0.25) is 0 Å². The summed E-state index contributed by atoms with van der Waals surface area (Å²) in [5.41, 5.74) is 4.12. The summed E-state index contributed by atoms with van der Waals surface area (Å²) in [5.74, 6) is -1.28. The zero-order valence-electron chi connectivity index (χ0n) is 23.0. The molecule has 0 aliphatic carbocycles. The largest absolute Gasteiger partial charge is 0.497 e. The number of carbonyl (C=O) groups is 1. The first-order valence-corrected chi connectivity index (χ1v) is 14.6. The van der Waals surface area contributed by atoms with Gasteiger partial charge in [-0.2, -0.15) is 18.0 Å². The Morgan fingerprint density at radius 2 is 1.70 bits per heavy atom. The van der Waals surface area contributed by atoms with E-state index in [2.05, 4.69) is 32.9 Å². The molecule has 1 saturated heterocycles. The van der Waals surface area contributed by atoms with Crippen molar-refractivity contribution >= 4 is 16.0 Å². The second-order valence-corrected chi connectivity index (χ2v) is 11.2. The monoisotopic (exact) mass is 618 g/mol. The van der Waals surface area contributed by atoms with Crippen LogP contribution in [-0.2, 0) is 21.4 Å². The number of methoxy groups -OCH3 is 1. The zero-order chi connectivity index (χ0) is 31.2. The van der Waals surface area contributed by atoms with Gasteiger partial charge in [0.25, 0.3) is 0 Å². The van der Waals surface area contributed by atoms with Crippen LogP contribution in [0.25, 0.3) is 22.5 Å². The van der Waals surface area contributed by atoms with Crippen LogP contribution in [0.1, 0.15) is 29.9 Å². The van der Waals surface area contributed by atoms with E-state index >= 15 is 0 Å². The van der Waals surface area contributed by atoms with Gasteiger partial charge in [-0.15, -0.1) is 10.2 Å². The van der Waals surface area contributed by atoms with Crippen molar-refractivity contribution < 1.29 is 36.2 Å². The van der Waals surface area contributed by atoms with E-state index in [1.165, 1.54) is 16.4 Å². The molecule has 2 heterocycles. The summed E-state index contributed by atoms with van der Waals surface area (Å²) in [7, 11) is -2.42. The van der Waals surface area contributed by atoms with Gasteiger partial charge < -0.3 is 15.2 Å². The molecule has 43 heavy (non-hydrogen) atoms. The van der Waals surface area contributed by atoms with E-state index in [9.17, 15) is 21.6 Å². The van der Waals surface area contributed by atoms with Crippen molar-refractivity contribution in [1.29, 1.82) is 0 Å². The minimum atomic E-state index is -5.08. The van der Waals surface area contributed by atoms with Gasteiger partial charge in [0.2, 0.25) is 15.8 Å². The molecule has 0 saturated carbocycles. The van der Waals surface area contributed by atoms with Gasteiger partial charge in [0.15, 0.2) is 0 Å². The summed E-state index contributed by atoms with van der Waals surface area (Å²) in [6, 6.07) is 20.8. The summed E-state index contributed by atoms with van der Waals surface area (Å²) in [6.07, 6.45) is -2.88. The highest BCUT2D eigenvalue weighted by Crippen LogP contribution is 2.36. The first-order chi connectivity index (χ1) is 20.4. The maximum atomic E-state index is 12.5. The van der Waals surface area contributed by atoms with Crippen LogP contribution in [-0.4, -0.2) is 66.1 Å². The number of aliphatic carboxylic acids is 1. The molecule has 3 aromatic carbocycles. The van der Waals surface area contributed by atoms with E-state index in [0.717, 1.165) is 42.8 Å². The maximum absolute atomic E-state index is 12.5. The first kappa shape index (κ1) is 31.6. The van der Waals surface area contributed by atoms with Gasteiger partial charge in [0.05, 0.1) is 24.1 Å². The number of carboxylic acid groups (broad SMARTS) is 1. The standard InChI is InChI=1S/C26H28N6O3S.C2HF3O2/c1-35-22-11-5-18(6-12-22)17-32-30-26(29-31-32)25-23(3-2-4-24(25)36(27,33)34)21-9-7-19(8-10-21)20-13-15-28-16-14-20;3-2(4,5)1(6)7/h2-12,20,28H,13-17H2,1H3,(H2,27,33,34);(H,6,7). The molecule has 1 aliphatic rings. The van der Waals surface area contributed by atoms with E-state index in [4.69, 9.17) is 19.8 Å². The van der Waals surface area contributed by atoms with Crippen LogP contribution >= 0.6 is 0 Å². The molecule has 0 atom stereocenters. The number of rotatable bonds is 7. The number of sulfonamides is 1. The van der Waals surface area contributed by atoms with Gasteiger partial charge in [-0.05, 0) is 77.5 Å². The molecular weight excluding hydrogens is 589 g/mol. The second kappa shape index (κ2) is 13.3. The Hall–Kier alpha value is -4.34. The van der Waals surface area contributed by atoms with Crippen molar-refractivity contribution in [2.45, 2.75) is 36.4 Å². The number of piperidine rings is 1. The second-order valence-electron chi connectivity index (χ2n) is 9.66. The third-order valence-corrected chi connectivity index (χ3v) is 7.72. The number of halogens is 3. The lowest BCUT2D eigenvalue weighted by Gasteiger charge is -2.23. The fraction of sp³-hybridized carbons (Fsp3) is 0.286. The number of primary sulfonamides is 1. The normalized spacial score (nSPS) is 14.1. The SMILES string of the molecule is COc1ccc(Cn2nnc(-c3c(-c4ccc(C5CCNCC5)cc4)cccc3S(N)(=O)=O)n2)cc1.O=C(O)C(F)(F)F. The number of hydrogen-bond acceptors (Lipinski definition) is 8. The highest BCUT2D eigenvalue weighted by molar-refractivity contribution is 7.89. The van der Waals surface area contributed by atoms with Crippen molar-refractivity contribution in [3.8, 4) is 28.3 Å². The van der Waals surface area contributed by atoms with E-state index in [1.54, 1.807) is 13.2 Å². The topological polar surface area (TPSA) is 162 Å². The third-order valence-electron chi connectivity index (χ3n) is 6.77. The number of benzene rings is 3. The van der Waals surface area contributed by atoms with Gasteiger partial charge in [0, 0.05) is 0 Å². The first-order valence-electron chi connectivity index (χ1n) is 13.0. The summed E-state index contributed by atoms with van der Waals surface area (Å²) < 4.78 is 62.0. The molecule has 15 heteroatoms. The van der Waals surface area contributed by atoms with E-state index in [-0.39, 0.29) is 10.7 Å². The van der Waals surface area contributed by atoms with Crippen LogP contribution in [0.3, 0.4) is 0 Å². The van der Waals surface area contributed by atoms with Gasteiger partial charge >= 0.3 is 12.1 Å². The molecule has 228 valence electrons. The highest BCUT2D eigenvalue weighted by Gasteiger charge is 2.38. The Kier molecular flexibility index (Phi) is 9.78. The van der Waals surface area contributed by atoms with Crippen LogP contribution in [0.15, 0.2) is 71.6 Å². The number of ether oxygens (including phenoxy) is 1. The molecule has 1 fully saturated rings. The number of nitrogens with one attached hydrogen (secondary N) is 1. The molecular formula is C28H29F3N6O5S. The van der Waals surface area contributed by atoms with E-state index in [0.29, 0.717) is 23.6 Å². The Balaban J connectivity index is 0.000000541. The lowest BCUT2D eigenvalue weighted by Crippen LogP contribution is -2.26. The van der Waals surface area contributed by atoms with Crippen molar-refractivity contribution in [3.63, 3.8) is 0 Å². The zero-order valence-corrected chi connectivity index (χ0v) is 23.8. The fourth-order valence-corrected chi connectivity index (χ4v) is 5.39. The number of tetrazole rings is 1. The van der Waals surface area contributed by atoms with Crippen LogP contribution in [0.4, 0.5) is 13.2 Å². The van der Waals surface area contributed by atoms with E-state index < -0.39 is 22.2 Å². The summed E-state index contributed by atoms with van der Waals surface area (Å²) in [5, 5.41) is 29.0.